The summed E-state index contributed by atoms with van der Waals surface area (Å²) >= 11 is 0. The summed E-state index contributed by atoms with van der Waals surface area (Å²) in [6.45, 7) is 4.62. The monoisotopic (exact) mass is 589 g/mol. The highest BCUT2D eigenvalue weighted by molar-refractivity contribution is 5.89. The van der Waals surface area contributed by atoms with Gasteiger partial charge in [0.15, 0.2) is 17.5 Å². The highest BCUT2D eigenvalue weighted by Crippen LogP contribution is 2.50. The van der Waals surface area contributed by atoms with Crippen molar-refractivity contribution in [3.63, 3.8) is 0 Å². The summed E-state index contributed by atoms with van der Waals surface area (Å²) in [6.07, 6.45) is 0.832. The summed E-state index contributed by atoms with van der Waals surface area (Å²) < 4.78 is 0. The zero-order valence-electron chi connectivity index (χ0n) is 25.8. The van der Waals surface area contributed by atoms with E-state index in [4.69, 9.17) is 15.0 Å². The fourth-order valence-corrected chi connectivity index (χ4v) is 7.52. The molecule has 0 N–H and O–H groups in total. The van der Waals surface area contributed by atoms with Gasteiger partial charge in [-0.15, -0.1) is 0 Å². The van der Waals surface area contributed by atoms with Crippen LogP contribution in [0.4, 0.5) is 0 Å². The topological polar surface area (TPSA) is 38.7 Å². The fraction of sp³-hybridized carbons (Fsp3) is 0.0930. The van der Waals surface area contributed by atoms with Gasteiger partial charge in [-0.25, -0.2) is 15.0 Å². The molecule has 0 spiro atoms. The summed E-state index contributed by atoms with van der Waals surface area (Å²) in [5, 5.41) is 0. The average Bonchev–Trinajstić information content (AvgIpc) is 3.61. The molecule has 2 aliphatic carbocycles. The van der Waals surface area contributed by atoms with Crippen LogP contribution in [-0.4, -0.2) is 15.0 Å². The Hall–Kier alpha value is -5.67. The molecule has 6 aromatic carbocycles. The minimum atomic E-state index is -0.109. The largest absolute Gasteiger partial charge is 0.208 e. The lowest BCUT2D eigenvalue weighted by Crippen LogP contribution is -2.15. The zero-order valence-corrected chi connectivity index (χ0v) is 25.8. The van der Waals surface area contributed by atoms with Crippen LogP contribution < -0.4 is 0 Å². The number of hydrogen-bond acceptors (Lipinski definition) is 3. The van der Waals surface area contributed by atoms with Crippen molar-refractivity contribution in [2.24, 2.45) is 0 Å². The summed E-state index contributed by atoms with van der Waals surface area (Å²) in [6, 6.07) is 49.6. The number of hydrogen-bond donors (Lipinski definition) is 0. The third-order valence-corrected chi connectivity index (χ3v) is 9.83. The molecule has 9 rings (SSSR count). The maximum atomic E-state index is 5.22. The molecule has 3 heteroatoms. The molecule has 0 saturated heterocycles. The Morgan fingerprint density at radius 1 is 0.391 bits per heavy atom. The molecule has 2 aliphatic rings. The molecule has 0 fully saturated rings. The van der Waals surface area contributed by atoms with Crippen molar-refractivity contribution < 1.29 is 0 Å². The first-order valence-corrected chi connectivity index (χ1v) is 15.9. The molecule has 7 aromatic rings. The molecule has 0 amide bonds. The van der Waals surface area contributed by atoms with E-state index in [0.717, 1.165) is 23.1 Å². The second-order valence-electron chi connectivity index (χ2n) is 12.8. The first kappa shape index (κ1) is 26.7. The number of fused-ring (bicyclic) bond motifs is 6. The molecule has 0 aliphatic heterocycles. The van der Waals surface area contributed by atoms with E-state index in [-0.39, 0.29) is 5.41 Å². The fourth-order valence-electron chi connectivity index (χ4n) is 7.52. The van der Waals surface area contributed by atoms with E-state index < -0.39 is 0 Å². The van der Waals surface area contributed by atoms with Crippen molar-refractivity contribution in [1.82, 2.24) is 15.0 Å². The van der Waals surface area contributed by atoms with Crippen LogP contribution >= 0.6 is 0 Å². The Morgan fingerprint density at radius 3 is 1.65 bits per heavy atom. The molecule has 0 saturated carbocycles. The zero-order chi connectivity index (χ0) is 30.8. The second kappa shape index (κ2) is 10.2. The highest BCUT2D eigenvalue weighted by atomic mass is 15.0. The van der Waals surface area contributed by atoms with Gasteiger partial charge in [0.1, 0.15) is 0 Å². The molecule has 0 atom stereocenters. The first-order chi connectivity index (χ1) is 22.6. The molecule has 3 nitrogen and oxygen atoms in total. The summed E-state index contributed by atoms with van der Waals surface area (Å²) in [4.78, 5) is 15.4. The Labute approximate surface area is 269 Å². The Bertz CT molecular complexity index is 2300. The predicted octanol–water partition coefficient (Wildman–Crippen LogP) is 10.4. The molecule has 218 valence electrons. The quantitative estimate of drug-likeness (QED) is 0.205. The van der Waals surface area contributed by atoms with E-state index in [0.29, 0.717) is 17.5 Å². The van der Waals surface area contributed by atoms with Crippen molar-refractivity contribution >= 4 is 0 Å². The minimum Gasteiger partial charge on any atom is -0.208 e. The average molecular weight is 590 g/mol. The molecular weight excluding hydrogens is 558 g/mol. The Morgan fingerprint density at radius 2 is 0.913 bits per heavy atom. The molecule has 46 heavy (non-hydrogen) atoms. The van der Waals surface area contributed by atoms with Crippen LogP contribution in [0.5, 0.6) is 0 Å². The van der Waals surface area contributed by atoms with Gasteiger partial charge in [0, 0.05) is 28.5 Å². The highest BCUT2D eigenvalue weighted by Gasteiger charge is 2.35. The van der Waals surface area contributed by atoms with Crippen molar-refractivity contribution in [1.29, 1.82) is 0 Å². The van der Waals surface area contributed by atoms with Gasteiger partial charge in [0.2, 0.25) is 0 Å². The van der Waals surface area contributed by atoms with E-state index in [1.165, 1.54) is 55.6 Å². The molecule has 0 radical (unpaired) electrons. The second-order valence-corrected chi connectivity index (χ2v) is 12.8. The van der Waals surface area contributed by atoms with E-state index in [2.05, 4.69) is 135 Å². The number of benzene rings is 6. The smallest absolute Gasteiger partial charge is 0.164 e. The van der Waals surface area contributed by atoms with Crippen LogP contribution in [0.15, 0.2) is 140 Å². The number of rotatable bonds is 4. The lowest BCUT2D eigenvalue weighted by molar-refractivity contribution is 0.660. The molecule has 0 unspecified atom stereocenters. The van der Waals surface area contributed by atoms with Gasteiger partial charge < -0.3 is 0 Å². The summed E-state index contributed by atoms with van der Waals surface area (Å²) in [5.41, 5.74) is 15.9. The van der Waals surface area contributed by atoms with Crippen molar-refractivity contribution in [2.75, 3.05) is 0 Å². The molecule has 1 heterocycles. The van der Waals surface area contributed by atoms with Gasteiger partial charge >= 0.3 is 0 Å². The lowest BCUT2D eigenvalue weighted by atomic mass is 9.82. The standard InChI is InChI=1S/C43H31N3/c1-43(2)38-22-10-9-17-33(38)34-24-23-29(25-39(34)43)41-44-40(28-15-7-4-8-16-28)45-42(46-41)35-21-12-20-32-31-19-11-18-30(36(31)26-37(32)35)27-13-5-3-6-14-27/h3-25H,26H2,1-2H3. The predicted molar refractivity (Wildman–Crippen MR) is 187 cm³/mol. The van der Waals surface area contributed by atoms with Gasteiger partial charge in [0.05, 0.1) is 0 Å². The Balaban J connectivity index is 1.21. The normalized spacial score (nSPS) is 13.5. The summed E-state index contributed by atoms with van der Waals surface area (Å²) in [7, 11) is 0. The van der Waals surface area contributed by atoms with E-state index in [9.17, 15) is 0 Å². The van der Waals surface area contributed by atoms with Crippen LogP contribution in [0.25, 0.3) is 67.5 Å². The molecule has 1 aromatic heterocycles. The van der Waals surface area contributed by atoms with Crippen molar-refractivity contribution in [3.05, 3.63) is 162 Å². The van der Waals surface area contributed by atoms with E-state index in [1.807, 2.05) is 18.2 Å². The van der Waals surface area contributed by atoms with E-state index >= 15 is 0 Å². The number of aromatic nitrogens is 3. The SMILES string of the molecule is CC1(C)c2ccccc2-c2ccc(-c3nc(-c4ccccc4)nc(-c4cccc5c4Cc4c(-c6ccccc6)cccc4-5)n3)cc21. The van der Waals surface area contributed by atoms with Crippen LogP contribution in [0.1, 0.15) is 36.1 Å². The van der Waals surface area contributed by atoms with Crippen LogP contribution in [0.2, 0.25) is 0 Å². The van der Waals surface area contributed by atoms with Crippen molar-refractivity contribution in [3.8, 4) is 67.5 Å². The van der Waals surface area contributed by atoms with Gasteiger partial charge in [0.25, 0.3) is 0 Å². The van der Waals surface area contributed by atoms with Gasteiger partial charge in [-0.05, 0) is 61.7 Å². The molecular formula is C43H31N3. The maximum Gasteiger partial charge on any atom is 0.164 e. The van der Waals surface area contributed by atoms with Crippen LogP contribution in [0.3, 0.4) is 0 Å². The minimum absolute atomic E-state index is 0.109. The number of nitrogens with zero attached hydrogens (tertiary/aromatic N) is 3. The summed E-state index contributed by atoms with van der Waals surface area (Å²) in [5.74, 6) is 2.08. The van der Waals surface area contributed by atoms with Gasteiger partial charge in [-0.2, -0.15) is 0 Å². The van der Waals surface area contributed by atoms with Crippen LogP contribution in [0, 0.1) is 0 Å². The molecule has 0 bridgehead atoms. The third kappa shape index (κ3) is 4.09. The lowest BCUT2D eigenvalue weighted by Gasteiger charge is -2.21. The first-order valence-electron chi connectivity index (χ1n) is 15.9. The Kier molecular flexibility index (Phi) is 5.91. The van der Waals surface area contributed by atoms with Crippen LogP contribution in [-0.2, 0) is 11.8 Å². The van der Waals surface area contributed by atoms with Crippen molar-refractivity contribution in [2.45, 2.75) is 25.7 Å². The van der Waals surface area contributed by atoms with Gasteiger partial charge in [-0.1, -0.05) is 147 Å². The van der Waals surface area contributed by atoms with E-state index in [1.54, 1.807) is 0 Å². The maximum absolute atomic E-state index is 5.22. The van der Waals surface area contributed by atoms with Gasteiger partial charge in [-0.3, -0.25) is 0 Å². The third-order valence-electron chi connectivity index (χ3n) is 9.83.